The van der Waals surface area contributed by atoms with Gasteiger partial charge in [0, 0.05) is 5.41 Å². The van der Waals surface area contributed by atoms with Crippen LogP contribution in [0.2, 0.25) is 0 Å². The van der Waals surface area contributed by atoms with Crippen LogP contribution in [-0.4, -0.2) is 20.8 Å². The van der Waals surface area contributed by atoms with Crippen LogP contribution in [0.3, 0.4) is 0 Å². The standard InChI is InChI=1S/C13H21NO3S/c1-10-6-5-7-11(2)12(10)17-8-13(3,4)9-18(14,15)16/h5-7H,8-9H2,1-4H3,(H2,14,15,16). The van der Waals surface area contributed by atoms with Crippen molar-refractivity contribution < 1.29 is 13.2 Å². The summed E-state index contributed by atoms with van der Waals surface area (Å²) in [5, 5.41) is 5.07. The van der Waals surface area contributed by atoms with Gasteiger partial charge in [-0.25, -0.2) is 13.6 Å². The van der Waals surface area contributed by atoms with E-state index in [2.05, 4.69) is 0 Å². The lowest BCUT2D eigenvalue weighted by molar-refractivity contribution is 0.198. The number of aryl methyl sites for hydroxylation is 2. The number of rotatable bonds is 5. The smallest absolute Gasteiger partial charge is 0.209 e. The first-order valence-corrected chi connectivity index (χ1v) is 7.52. The minimum atomic E-state index is -3.49. The molecule has 0 aliphatic heterocycles. The van der Waals surface area contributed by atoms with Crippen LogP contribution in [0.15, 0.2) is 18.2 Å². The molecule has 0 radical (unpaired) electrons. The van der Waals surface area contributed by atoms with Crippen LogP contribution in [-0.2, 0) is 10.0 Å². The van der Waals surface area contributed by atoms with E-state index < -0.39 is 15.4 Å². The van der Waals surface area contributed by atoms with Crippen LogP contribution in [0.5, 0.6) is 5.75 Å². The average molecular weight is 271 g/mol. The van der Waals surface area contributed by atoms with E-state index in [9.17, 15) is 8.42 Å². The van der Waals surface area contributed by atoms with Crippen LogP contribution in [0.1, 0.15) is 25.0 Å². The summed E-state index contributed by atoms with van der Waals surface area (Å²) in [6.45, 7) is 7.90. The lowest BCUT2D eigenvalue weighted by Crippen LogP contribution is -2.33. The predicted molar refractivity (Wildman–Crippen MR) is 73.2 cm³/mol. The third-order valence-corrected chi connectivity index (χ3v) is 3.79. The maximum Gasteiger partial charge on any atom is 0.209 e. The van der Waals surface area contributed by atoms with Gasteiger partial charge in [0.05, 0.1) is 12.4 Å². The van der Waals surface area contributed by atoms with Gasteiger partial charge in [-0.2, -0.15) is 0 Å². The molecule has 0 aromatic heterocycles. The molecule has 4 nitrogen and oxygen atoms in total. The highest BCUT2D eigenvalue weighted by Gasteiger charge is 2.25. The summed E-state index contributed by atoms with van der Waals surface area (Å²) in [5.41, 5.74) is 1.57. The molecule has 0 saturated carbocycles. The number of hydrogen-bond acceptors (Lipinski definition) is 3. The largest absolute Gasteiger partial charge is 0.492 e. The van der Waals surface area contributed by atoms with Gasteiger partial charge < -0.3 is 4.74 Å². The lowest BCUT2D eigenvalue weighted by atomic mass is 9.98. The average Bonchev–Trinajstić information content (AvgIpc) is 2.12. The third kappa shape index (κ3) is 4.66. The van der Waals surface area contributed by atoms with Crippen LogP contribution < -0.4 is 9.88 Å². The second-order valence-electron chi connectivity index (χ2n) is 5.48. The number of hydrogen-bond donors (Lipinski definition) is 1. The number of para-hydroxylation sites is 1. The van der Waals surface area contributed by atoms with Crippen LogP contribution >= 0.6 is 0 Å². The Morgan fingerprint density at radius 2 is 1.72 bits per heavy atom. The molecule has 18 heavy (non-hydrogen) atoms. The first kappa shape index (κ1) is 15.0. The molecular formula is C13H21NO3S. The Morgan fingerprint density at radius 1 is 1.22 bits per heavy atom. The van der Waals surface area contributed by atoms with E-state index in [1.807, 2.05) is 45.9 Å². The van der Waals surface area contributed by atoms with E-state index in [4.69, 9.17) is 9.88 Å². The molecule has 0 spiro atoms. The van der Waals surface area contributed by atoms with E-state index in [1.165, 1.54) is 0 Å². The molecule has 0 aliphatic rings. The van der Waals surface area contributed by atoms with Crippen LogP contribution in [0, 0.1) is 19.3 Å². The fourth-order valence-electron chi connectivity index (χ4n) is 1.88. The molecule has 5 heteroatoms. The van der Waals surface area contributed by atoms with Gasteiger partial charge in [0.1, 0.15) is 5.75 Å². The van der Waals surface area contributed by atoms with Gasteiger partial charge in [-0.05, 0) is 25.0 Å². The first-order valence-electron chi connectivity index (χ1n) is 5.80. The van der Waals surface area contributed by atoms with Gasteiger partial charge in [0.2, 0.25) is 10.0 Å². The van der Waals surface area contributed by atoms with E-state index in [-0.39, 0.29) is 5.75 Å². The Hall–Kier alpha value is -1.07. The zero-order valence-corrected chi connectivity index (χ0v) is 12.2. The first-order chi connectivity index (χ1) is 8.11. The molecule has 102 valence electrons. The molecule has 0 aliphatic carbocycles. The summed E-state index contributed by atoms with van der Waals surface area (Å²) >= 11 is 0. The maximum absolute atomic E-state index is 11.1. The second kappa shape index (κ2) is 5.28. The fourth-order valence-corrected chi connectivity index (χ4v) is 3.05. The second-order valence-corrected chi connectivity index (χ2v) is 7.10. The van der Waals surface area contributed by atoms with Crippen molar-refractivity contribution in [1.82, 2.24) is 0 Å². The van der Waals surface area contributed by atoms with Gasteiger partial charge >= 0.3 is 0 Å². The van der Waals surface area contributed by atoms with E-state index in [0.29, 0.717) is 6.61 Å². The zero-order valence-electron chi connectivity index (χ0n) is 11.4. The molecule has 0 amide bonds. The molecule has 0 heterocycles. The Morgan fingerprint density at radius 3 is 2.17 bits per heavy atom. The van der Waals surface area contributed by atoms with Gasteiger partial charge in [-0.1, -0.05) is 32.0 Å². The molecule has 1 rings (SSSR count). The van der Waals surface area contributed by atoms with Crippen molar-refractivity contribution in [3.63, 3.8) is 0 Å². The van der Waals surface area contributed by atoms with Gasteiger partial charge in [-0.15, -0.1) is 0 Å². The Bertz CT molecular complexity index is 501. The molecular weight excluding hydrogens is 250 g/mol. The molecule has 0 unspecified atom stereocenters. The van der Waals surface area contributed by atoms with Gasteiger partial charge in [0.25, 0.3) is 0 Å². The van der Waals surface area contributed by atoms with Crippen LogP contribution in [0.4, 0.5) is 0 Å². The van der Waals surface area contributed by atoms with Gasteiger partial charge in [0.15, 0.2) is 0 Å². The van der Waals surface area contributed by atoms with Crippen molar-refractivity contribution >= 4 is 10.0 Å². The number of ether oxygens (including phenoxy) is 1. The Balaban J connectivity index is 2.76. The minimum Gasteiger partial charge on any atom is -0.492 e. The molecule has 0 bridgehead atoms. The van der Waals surface area contributed by atoms with Crippen molar-refractivity contribution in [2.24, 2.45) is 10.6 Å². The summed E-state index contributed by atoms with van der Waals surface area (Å²) in [6.07, 6.45) is 0. The molecule has 1 aromatic carbocycles. The van der Waals surface area contributed by atoms with Crippen molar-refractivity contribution in [1.29, 1.82) is 0 Å². The quantitative estimate of drug-likeness (QED) is 0.890. The highest BCUT2D eigenvalue weighted by Crippen LogP contribution is 2.25. The van der Waals surface area contributed by atoms with E-state index in [0.717, 1.165) is 16.9 Å². The zero-order chi connectivity index (χ0) is 14.0. The molecule has 0 saturated heterocycles. The normalized spacial score (nSPS) is 12.5. The molecule has 2 N–H and O–H groups in total. The van der Waals surface area contributed by atoms with E-state index in [1.54, 1.807) is 0 Å². The number of sulfonamides is 1. The summed E-state index contributed by atoms with van der Waals surface area (Å²) < 4.78 is 28.0. The predicted octanol–water partition coefficient (Wildman–Crippen LogP) is 2.00. The van der Waals surface area contributed by atoms with Crippen molar-refractivity contribution in [2.45, 2.75) is 27.7 Å². The number of primary sulfonamides is 1. The Kier molecular flexibility index (Phi) is 4.40. The molecule has 0 fully saturated rings. The SMILES string of the molecule is Cc1cccc(C)c1OCC(C)(C)CS(N)(=O)=O. The lowest BCUT2D eigenvalue weighted by Gasteiger charge is -2.24. The fraction of sp³-hybridized carbons (Fsp3) is 0.538. The minimum absolute atomic E-state index is 0.0923. The van der Waals surface area contributed by atoms with E-state index >= 15 is 0 Å². The summed E-state index contributed by atoms with van der Waals surface area (Å²) in [5.74, 6) is 0.727. The summed E-state index contributed by atoms with van der Waals surface area (Å²) in [4.78, 5) is 0. The van der Waals surface area contributed by atoms with Gasteiger partial charge in [-0.3, -0.25) is 0 Å². The number of benzene rings is 1. The highest BCUT2D eigenvalue weighted by atomic mass is 32.2. The number of nitrogens with two attached hydrogens (primary N) is 1. The van der Waals surface area contributed by atoms with Crippen molar-refractivity contribution in [2.75, 3.05) is 12.4 Å². The summed E-state index contributed by atoms with van der Waals surface area (Å²) in [7, 11) is -3.49. The topological polar surface area (TPSA) is 69.4 Å². The maximum atomic E-state index is 11.1. The summed E-state index contributed by atoms with van der Waals surface area (Å²) in [6, 6.07) is 5.90. The molecule has 0 atom stereocenters. The van der Waals surface area contributed by atoms with Crippen molar-refractivity contribution in [3.8, 4) is 5.75 Å². The Labute approximate surface area is 109 Å². The van der Waals surface area contributed by atoms with Crippen molar-refractivity contribution in [3.05, 3.63) is 29.3 Å². The van der Waals surface area contributed by atoms with Crippen LogP contribution in [0.25, 0.3) is 0 Å². The monoisotopic (exact) mass is 271 g/mol. The molecule has 1 aromatic rings. The third-order valence-electron chi connectivity index (χ3n) is 2.61. The highest BCUT2D eigenvalue weighted by molar-refractivity contribution is 7.89.